The van der Waals surface area contributed by atoms with Gasteiger partial charge in [-0.25, -0.2) is 9.37 Å². The predicted molar refractivity (Wildman–Crippen MR) is 88.5 cm³/mol. The van der Waals surface area contributed by atoms with Gasteiger partial charge in [-0.05, 0) is 56.4 Å². The predicted octanol–water partition coefficient (Wildman–Crippen LogP) is 3.96. The highest BCUT2D eigenvalue weighted by atomic mass is 32.1. The molecule has 0 saturated heterocycles. The number of nitrogens with zero attached hydrogens (tertiary/aromatic N) is 1. The molecule has 122 valence electrons. The molecule has 0 aliphatic heterocycles. The number of fused-ring (bicyclic) bond motifs is 1. The second kappa shape index (κ2) is 7.08. The van der Waals surface area contributed by atoms with Crippen LogP contribution < -0.4 is 10.1 Å². The van der Waals surface area contributed by atoms with Crippen LogP contribution in [0.2, 0.25) is 0 Å². The normalized spacial score (nSPS) is 14.9. The van der Waals surface area contributed by atoms with E-state index in [1.807, 2.05) is 6.92 Å². The minimum atomic E-state index is -0.624. The van der Waals surface area contributed by atoms with E-state index < -0.39 is 6.10 Å². The fourth-order valence-electron chi connectivity index (χ4n) is 2.59. The highest BCUT2D eigenvalue weighted by molar-refractivity contribution is 7.15. The van der Waals surface area contributed by atoms with Crippen LogP contribution in [0.15, 0.2) is 24.3 Å². The number of halogens is 1. The number of carbonyl (C=O) groups is 1. The number of carbonyl (C=O) groups excluding carboxylic acids is 1. The van der Waals surface area contributed by atoms with Gasteiger partial charge in [0.1, 0.15) is 11.6 Å². The lowest BCUT2D eigenvalue weighted by Crippen LogP contribution is -2.32. The van der Waals surface area contributed by atoms with Crippen molar-refractivity contribution in [3.63, 3.8) is 0 Å². The summed E-state index contributed by atoms with van der Waals surface area (Å²) in [5, 5.41) is 3.49. The first-order valence-electron chi connectivity index (χ1n) is 7.87. The summed E-state index contributed by atoms with van der Waals surface area (Å²) in [7, 11) is 0. The number of aryl methyl sites for hydroxylation is 2. The summed E-state index contributed by atoms with van der Waals surface area (Å²) in [6, 6.07) is 5.67. The van der Waals surface area contributed by atoms with Crippen molar-refractivity contribution in [3.8, 4) is 5.75 Å². The van der Waals surface area contributed by atoms with E-state index in [-0.39, 0.29) is 11.7 Å². The third-order valence-electron chi connectivity index (χ3n) is 3.83. The standard InChI is InChI=1S/C17H19FN2O2S/c1-2-14(22-12-9-7-11(18)8-10-12)16(21)20-17-19-13-5-3-4-6-15(13)23-17/h7-10,14H,2-6H2,1H3,(H,19,20,21). The highest BCUT2D eigenvalue weighted by Crippen LogP contribution is 2.29. The average Bonchev–Trinajstić information content (AvgIpc) is 2.96. The van der Waals surface area contributed by atoms with Crippen molar-refractivity contribution in [2.24, 2.45) is 0 Å². The SMILES string of the molecule is CCC(Oc1ccc(F)cc1)C(=O)Nc1nc2c(s1)CCCC2. The van der Waals surface area contributed by atoms with Crippen molar-refractivity contribution in [2.45, 2.75) is 45.1 Å². The number of hydrogen-bond donors (Lipinski definition) is 1. The van der Waals surface area contributed by atoms with Crippen molar-refractivity contribution in [1.29, 1.82) is 0 Å². The van der Waals surface area contributed by atoms with E-state index in [4.69, 9.17) is 4.74 Å². The monoisotopic (exact) mass is 334 g/mol. The smallest absolute Gasteiger partial charge is 0.267 e. The van der Waals surface area contributed by atoms with Gasteiger partial charge in [0.25, 0.3) is 5.91 Å². The van der Waals surface area contributed by atoms with E-state index in [1.54, 1.807) is 11.3 Å². The molecule has 1 N–H and O–H groups in total. The molecule has 0 radical (unpaired) electrons. The summed E-state index contributed by atoms with van der Waals surface area (Å²) in [5.41, 5.74) is 1.11. The molecule has 1 aromatic carbocycles. The van der Waals surface area contributed by atoms with Gasteiger partial charge in [0.15, 0.2) is 11.2 Å². The topological polar surface area (TPSA) is 51.2 Å². The molecule has 2 aromatic rings. The van der Waals surface area contributed by atoms with Gasteiger partial charge in [0.05, 0.1) is 5.69 Å². The van der Waals surface area contributed by atoms with Crippen LogP contribution >= 0.6 is 11.3 Å². The van der Waals surface area contributed by atoms with Crippen molar-refractivity contribution < 1.29 is 13.9 Å². The van der Waals surface area contributed by atoms with Gasteiger partial charge < -0.3 is 4.74 Å². The van der Waals surface area contributed by atoms with E-state index in [0.29, 0.717) is 17.3 Å². The fourth-order valence-corrected chi connectivity index (χ4v) is 3.64. The van der Waals surface area contributed by atoms with Gasteiger partial charge in [0, 0.05) is 4.88 Å². The molecule has 1 aliphatic carbocycles. The lowest BCUT2D eigenvalue weighted by Gasteiger charge is -2.16. The quantitative estimate of drug-likeness (QED) is 0.900. The summed E-state index contributed by atoms with van der Waals surface area (Å²) in [6.45, 7) is 1.88. The molecule has 4 nitrogen and oxygen atoms in total. The largest absolute Gasteiger partial charge is 0.481 e. The van der Waals surface area contributed by atoms with Crippen LogP contribution in [0.1, 0.15) is 36.8 Å². The molecule has 3 rings (SSSR count). The number of rotatable bonds is 5. The van der Waals surface area contributed by atoms with Crippen molar-refractivity contribution in [2.75, 3.05) is 5.32 Å². The molecule has 0 fully saturated rings. The minimum Gasteiger partial charge on any atom is -0.481 e. The molecule has 6 heteroatoms. The van der Waals surface area contributed by atoms with Crippen LogP contribution in [-0.4, -0.2) is 17.0 Å². The summed E-state index contributed by atoms with van der Waals surface area (Å²) in [4.78, 5) is 18.2. The molecule has 1 amide bonds. The number of aromatic nitrogens is 1. The zero-order valence-corrected chi connectivity index (χ0v) is 13.8. The van der Waals surface area contributed by atoms with E-state index in [2.05, 4.69) is 10.3 Å². The Morgan fingerprint density at radius 3 is 2.78 bits per heavy atom. The Hall–Kier alpha value is -1.95. The Labute approximate surface area is 138 Å². The van der Waals surface area contributed by atoms with Crippen LogP contribution in [0.4, 0.5) is 9.52 Å². The van der Waals surface area contributed by atoms with Crippen LogP contribution in [0.25, 0.3) is 0 Å². The van der Waals surface area contributed by atoms with Gasteiger partial charge in [-0.2, -0.15) is 0 Å². The van der Waals surface area contributed by atoms with Crippen molar-refractivity contribution >= 4 is 22.4 Å². The Morgan fingerprint density at radius 1 is 1.35 bits per heavy atom. The van der Waals surface area contributed by atoms with E-state index in [9.17, 15) is 9.18 Å². The number of benzene rings is 1. The second-order valence-electron chi connectivity index (χ2n) is 5.55. The third kappa shape index (κ3) is 3.88. The lowest BCUT2D eigenvalue weighted by molar-refractivity contribution is -0.122. The minimum absolute atomic E-state index is 0.220. The maximum Gasteiger partial charge on any atom is 0.267 e. The first kappa shape index (κ1) is 15.9. The molecular weight excluding hydrogens is 315 g/mol. The van der Waals surface area contributed by atoms with Gasteiger partial charge in [-0.3, -0.25) is 10.1 Å². The van der Waals surface area contributed by atoms with Gasteiger partial charge in [-0.1, -0.05) is 6.92 Å². The first-order valence-corrected chi connectivity index (χ1v) is 8.69. The molecule has 0 spiro atoms. The third-order valence-corrected chi connectivity index (χ3v) is 4.90. The molecule has 1 aromatic heterocycles. The number of thiazole rings is 1. The number of hydrogen-bond acceptors (Lipinski definition) is 4. The second-order valence-corrected chi connectivity index (χ2v) is 6.64. The van der Waals surface area contributed by atoms with Crippen LogP contribution in [0.3, 0.4) is 0 Å². The van der Waals surface area contributed by atoms with Crippen molar-refractivity contribution in [3.05, 3.63) is 40.7 Å². The number of ether oxygens (including phenoxy) is 1. The van der Waals surface area contributed by atoms with E-state index in [0.717, 1.165) is 25.0 Å². The Morgan fingerprint density at radius 2 is 2.09 bits per heavy atom. The molecule has 1 aliphatic rings. The van der Waals surface area contributed by atoms with Crippen molar-refractivity contribution in [1.82, 2.24) is 4.98 Å². The maximum atomic E-state index is 12.9. The molecular formula is C17H19FN2O2S. The number of nitrogens with one attached hydrogen (secondary N) is 1. The van der Waals surface area contributed by atoms with Gasteiger partial charge in [0.2, 0.25) is 0 Å². The maximum absolute atomic E-state index is 12.9. The summed E-state index contributed by atoms with van der Waals surface area (Å²) >= 11 is 1.55. The lowest BCUT2D eigenvalue weighted by atomic mass is 10.0. The zero-order chi connectivity index (χ0) is 16.2. The Bertz CT molecular complexity index is 661. The van der Waals surface area contributed by atoms with Crippen LogP contribution in [0, 0.1) is 5.82 Å². The number of amides is 1. The summed E-state index contributed by atoms with van der Waals surface area (Å²) in [6.07, 6.45) is 4.29. The molecule has 1 atom stereocenters. The molecule has 1 unspecified atom stereocenters. The molecule has 1 heterocycles. The van der Waals surface area contributed by atoms with Crippen LogP contribution in [-0.2, 0) is 17.6 Å². The summed E-state index contributed by atoms with van der Waals surface area (Å²) < 4.78 is 18.6. The first-order chi connectivity index (χ1) is 11.2. The fraction of sp³-hybridized carbons (Fsp3) is 0.412. The number of anilines is 1. The van der Waals surface area contributed by atoms with Gasteiger partial charge in [-0.15, -0.1) is 11.3 Å². The summed E-state index contributed by atoms with van der Waals surface area (Å²) in [5.74, 6) is -0.0713. The Balaban J connectivity index is 1.65. The van der Waals surface area contributed by atoms with Gasteiger partial charge >= 0.3 is 0 Å². The molecule has 23 heavy (non-hydrogen) atoms. The molecule has 0 saturated carbocycles. The Kier molecular flexibility index (Phi) is 4.91. The average molecular weight is 334 g/mol. The highest BCUT2D eigenvalue weighted by Gasteiger charge is 2.22. The molecule has 0 bridgehead atoms. The van der Waals surface area contributed by atoms with E-state index in [1.165, 1.54) is 35.6 Å². The zero-order valence-electron chi connectivity index (χ0n) is 13.0. The van der Waals surface area contributed by atoms with E-state index >= 15 is 0 Å². The van der Waals surface area contributed by atoms with Crippen LogP contribution in [0.5, 0.6) is 5.75 Å².